The van der Waals surface area contributed by atoms with E-state index in [-0.39, 0.29) is 5.92 Å². The van der Waals surface area contributed by atoms with Crippen LogP contribution in [0.15, 0.2) is 0 Å². The SMILES string of the molecule is C[C@H]1CCC[C@H](C)N1C(=O)C1CCNCC1. The Balaban J connectivity index is 2.00. The smallest absolute Gasteiger partial charge is 0.226 e. The maximum absolute atomic E-state index is 12.5. The molecule has 2 heterocycles. The monoisotopic (exact) mass is 224 g/mol. The van der Waals surface area contributed by atoms with Gasteiger partial charge in [-0.05, 0) is 59.0 Å². The molecule has 2 atom stereocenters. The van der Waals surface area contributed by atoms with Gasteiger partial charge >= 0.3 is 0 Å². The summed E-state index contributed by atoms with van der Waals surface area (Å²) in [4.78, 5) is 14.6. The van der Waals surface area contributed by atoms with Crippen molar-refractivity contribution in [3.63, 3.8) is 0 Å². The first kappa shape index (κ1) is 11.9. The van der Waals surface area contributed by atoms with Gasteiger partial charge in [-0.1, -0.05) is 0 Å². The van der Waals surface area contributed by atoms with E-state index < -0.39 is 0 Å². The Kier molecular flexibility index (Phi) is 3.85. The van der Waals surface area contributed by atoms with Crippen molar-refractivity contribution in [3.05, 3.63) is 0 Å². The highest BCUT2D eigenvalue weighted by Crippen LogP contribution is 2.26. The van der Waals surface area contributed by atoms with Crippen molar-refractivity contribution in [2.24, 2.45) is 5.92 Å². The minimum absolute atomic E-state index is 0.282. The second kappa shape index (κ2) is 5.17. The van der Waals surface area contributed by atoms with Gasteiger partial charge in [0, 0.05) is 18.0 Å². The normalized spacial score (nSPS) is 32.8. The Hall–Kier alpha value is -0.570. The van der Waals surface area contributed by atoms with Crippen LogP contribution in [0.5, 0.6) is 0 Å². The van der Waals surface area contributed by atoms with E-state index in [1.165, 1.54) is 19.3 Å². The minimum atomic E-state index is 0.282. The molecule has 0 aromatic rings. The molecule has 2 aliphatic rings. The molecule has 0 aliphatic carbocycles. The van der Waals surface area contributed by atoms with Gasteiger partial charge in [0.1, 0.15) is 0 Å². The minimum Gasteiger partial charge on any atom is -0.337 e. The lowest BCUT2D eigenvalue weighted by Crippen LogP contribution is -2.51. The molecule has 0 radical (unpaired) electrons. The van der Waals surface area contributed by atoms with Crippen LogP contribution in [0.3, 0.4) is 0 Å². The fourth-order valence-electron chi connectivity index (χ4n) is 3.14. The largest absolute Gasteiger partial charge is 0.337 e. The van der Waals surface area contributed by atoms with E-state index >= 15 is 0 Å². The summed E-state index contributed by atoms with van der Waals surface area (Å²) in [6.07, 6.45) is 5.68. The van der Waals surface area contributed by atoms with E-state index in [9.17, 15) is 4.79 Å². The molecular formula is C13H24N2O. The third-order valence-corrected chi connectivity index (χ3v) is 4.14. The summed E-state index contributed by atoms with van der Waals surface area (Å²) in [5, 5.41) is 3.32. The molecule has 1 N–H and O–H groups in total. The number of nitrogens with one attached hydrogen (secondary N) is 1. The number of likely N-dealkylation sites (tertiary alicyclic amines) is 1. The fourth-order valence-corrected chi connectivity index (χ4v) is 3.14. The van der Waals surface area contributed by atoms with Crippen LogP contribution in [0.4, 0.5) is 0 Å². The highest BCUT2D eigenvalue weighted by Gasteiger charge is 2.33. The van der Waals surface area contributed by atoms with Crippen molar-refractivity contribution in [1.82, 2.24) is 10.2 Å². The molecule has 0 aromatic carbocycles. The van der Waals surface area contributed by atoms with E-state index in [1.54, 1.807) is 0 Å². The van der Waals surface area contributed by atoms with Gasteiger partial charge in [-0.15, -0.1) is 0 Å². The van der Waals surface area contributed by atoms with Crippen LogP contribution in [-0.2, 0) is 4.79 Å². The van der Waals surface area contributed by atoms with Crippen molar-refractivity contribution >= 4 is 5.91 Å². The zero-order valence-electron chi connectivity index (χ0n) is 10.5. The zero-order chi connectivity index (χ0) is 11.5. The van der Waals surface area contributed by atoms with Gasteiger partial charge in [-0.3, -0.25) is 4.79 Å². The molecule has 92 valence electrons. The number of hydrogen-bond donors (Lipinski definition) is 1. The highest BCUT2D eigenvalue weighted by atomic mass is 16.2. The zero-order valence-corrected chi connectivity index (χ0v) is 10.5. The molecule has 16 heavy (non-hydrogen) atoms. The van der Waals surface area contributed by atoms with E-state index in [0.717, 1.165) is 25.9 Å². The van der Waals surface area contributed by atoms with Gasteiger partial charge in [0.05, 0.1) is 0 Å². The molecular weight excluding hydrogens is 200 g/mol. The number of carbonyl (C=O) groups excluding carboxylic acids is 1. The van der Waals surface area contributed by atoms with E-state index in [0.29, 0.717) is 18.0 Å². The average Bonchev–Trinajstić information content (AvgIpc) is 2.30. The number of hydrogen-bond acceptors (Lipinski definition) is 2. The van der Waals surface area contributed by atoms with Crippen molar-refractivity contribution in [3.8, 4) is 0 Å². The number of amides is 1. The maximum atomic E-state index is 12.5. The Bertz CT molecular complexity index is 238. The second-order valence-corrected chi connectivity index (χ2v) is 5.40. The molecule has 0 bridgehead atoms. The molecule has 3 nitrogen and oxygen atoms in total. The molecule has 1 amide bonds. The summed E-state index contributed by atoms with van der Waals surface area (Å²) < 4.78 is 0. The Morgan fingerprint density at radius 2 is 1.62 bits per heavy atom. The van der Waals surface area contributed by atoms with E-state index in [4.69, 9.17) is 0 Å². The van der Waals surface area contributed by atoms with Crippen LogP contribution in [0.1, 0.15) is 46.0 Å². The summed E-state index contributed by atoms with van der Waals surface area (Å²) in [5.41, 5.74) is 0. The van der Waals surface area contributed by atoms with Crippen LogP contribution >= 0.6 is 0 Å². The van der Waals surface area contributed by atoms with E-state index in [2.05, 4.69) is 24.1 Å². The highest BCUT2D eigenvalue weighted by molar-refractivity contribution is 5.79. The first-order valence-corrected chi connectivity index (χ1v) is 6.73. The lowest BCUT2D eigenvalue weighted by Gasteiger charge is -2.41. The maximum Gasteiger partial charge on any atom is 0.226 e. The summed E-state index contributed by atoms with van der Waals surface area (Å²) in [7, 11) is 0. The van der Waals surface area contributed by atoms with Gasteiger partial charge < -0.3 is 10.2 Å². The topological polar surface area (TPSA) is 32.3 Å². The van der Waals surface area contributed by atoms with Gasteiger partial charge in [0.2, 0.25) is 5.91 Å². The molecule has 0 spiro atoms. The standard InChI is InChI=1S/C13H24N2O/c1-10-4-3-5-11(2)15(10)13(16)12-6-8-14-9-7-12/h10-12,14H,3-9H2,1-2H3/t10-,11-/m0/s1. The predicted octanol–water partition coefficient (Wildman–Crippen LogP) is 1.78. The van der Waals surface area contributed by atoms with Crippen LogP contribution < -0.4 is 5.32 Å². The van der Waals surface area contributed by atoms with Crippen LogP contribution in [-0.4, -0.2) is 36.0 Å². The number of rotatable bonds is 1. The Morgan fingerprint density at radius 1 is 1.06 bits per heavy atom. The number of piperidine rings is 2. The first-order valence-electron chi connectivity index (χ1n) is 6.73. The fraction of sp³-hybridized carbons (Fsp3) is 0.923. The molecule has 3 heteroatoms. The molecule has 0 saturated carbocycles. The summed E-state index contributed by atoms with van der Waals surface area (Å²) in [6, 6.07) is 0.900. The van der Waals surface area contributed by atoms with Crippen molar-refractivity contribution in [1.29, 1.82) is 0 Å². The summed E-state index contributed by atoms with van der Waals surface area (Å²) >= 11 is 0. The van der Waals surface area contributed by atoms with Gasteiger partial charge in [0.25, 0.3) is 0 Å². The summed E-state index contributed by atoms with van der Waals surface area (Å²) in [6.45, 7) is 6.42. The number of nitrogens with zero attached hydrogens (tertiary/aromatic N) is 1. The first-order chi connectivity index (χ1) is 7.70. The van der Waals surface area contributed by atoms with Crippen LogP contribution in [0, 0.1) is 5.92 Å². The van der Waals surface area contributed by atoms with Crippen molar-refractivity contribution in [2.75, 3.05) is 13.1 Å². The molecule has 2 aliphatic heterocycles. The lowest BCUT2D eigenvalue weighted by molar-refractivity contribution is -0.142. The third kappa shape index (κ3) is 2.40. The van der Waals surface area contributed by atoms with Gasteiger partial charge in [-0.2, -0.15) is 0 Å². The molecule has 2 rings (SSSR count). The number of carbonyl (C=O) groups is 1. The molecule has 2 fully saturated rings. The van der Waals surface area contributed by atoms with Gasteiger partial charge in [0.15, 0.2) is 0 Å². The molecule has 0 unspecified atom stereocenters. The predicted molar refractivity (Wildman–Crippen MR) is 65.2 cm³/mol. The van der Waals surface area contributed by atoms with Crippen molar-refractivity contribution in [2.45, 2.75) is 58.0 Å². The Labute approximate surface area is 98.6 Å². The second-order valence-electron chi connectivity index (χ2n) is 5.40. The molecule has 2 saturated heterocycles. The Morgan fingerprint density at radius 3 is 2.19 bits per heavy atom. The van der Waals surface area contributed by atoms with Crippen LogP contribution in [0.2, 0.25) is 0 Å². The van der Waals surface area contributed by atoms with Crippen molar-refractivity contribution < 1.29 is 4.79 Å². The lowest BCUT2D eigenvalue weighted by atomic mass is 9.91. The quantitative estimate of drug-likeness (QED) is 0.736. The van der Waals surface area contributed by atoms with Crippen LogP contribution in [0.25, 0.3) is 0 Å². The summed E-state index contributed by atoms with van der Waals surface area (Å²) in [5.74, 6) is 0.699. The van der Waals surface area contributed by atoms with Gasteiger partial charge in [-0.25, -0.2) is 0 Å². The van der Waals surface area contributed by atoms with E-state index in [1.807, 2.05) is 0 Å². The molecule has 0 aromatic heterocycles. The average molecular weight is 224 g/mol. The third-order valence-electron chi connectivity index (χ3n) is 4.14.